The van der Waals surface area contributed by atoms with Crippen molar-refractivity contribution in [2.75, 3.05) is 48.8 Å². The topological polar surface area (TPSA) is 143 Å². The van der Waals surface area contributed by atoms with E-state index in [4.69, 9.17) is 14.7 Å². The second-order valence-corrected chi connectivity index (χ2v) is 18.6. The molecular formula is C38H42F2N6O5S3. The number of likely N-dealkylation sites (tertiary alicyclic amines) is 1. The van der Waals surface area contributed by atoms with Gasteiger partial charge < -0.3 is 15.0 Å². The molecule has 0 bridgehead atoms. The van der Waals surface area contributed by atoms with Gasteiger partial charge in [-0.05, 0) is 92.4 Å². The predicted octanol–water partition coefficient (Wildman–Crippen LogP) is 7.75. The zero-order valence-electron chi connectivity index (χ0n) is 30.6. The van der Waals surface area contributed by atoms with Gasteiger partial charge >= 0.3 is 0 Å². The Morgan fingerprint density at radius 1 is 0.981 bits per heavy atom. The van der Waals surface area contributed by atoms with Crippen molar-refractivity contribution in [1.29, 1.82) is 0 Å². The second kappa shape index (κ2) is 16.1. The SMILES string of the molecule is COc1cc(C2CCN(CCS(C)(=O)=O)CC2)c(C)cc1Nc1nccc(-c2sc(C(C)C)nc2-c2cccc(NS(=O)(=O)c3c(F)cccc3F)c2)n1. The maximum absolute atomic E-state index is 14.4. The number of aromatic nitrogens is 3. The Hall–Kier alpha value is -4.51. The van der Waals surface area contributed by atoms with Gasteiger partial charge in [0.2, 0.25) is 5.95 Å². The van der Waals surface area contributed by atoms with Crippen molar-refractivity contribution < 1.29 is 30.4 Å². The van der Waals surface area contributed by atoms with Crippen LogP contribution in [0.25, 0.3) is 21.8 Å². The highest BCUT2D eigenvalue weighted by atomic mass is 32.2. The van der Waals surface area contributed by atoms with E-state index >= 15 is 0 Å². The number of ether oxygens (including phenoxy) is 1. The fraction of sp³-hybridized carbons (Fsp3) is 0.342. The Bertz CT molecular complexity index is 2360. The van der Waals surface area contributed by atoms with Crippen molar-refractivity contribution in [3.8, 4) is 27.6 Å². The molecule has 1 saturated heterocycles. The van der Waals surface area contributed by atoms with Crippen molar-refractivity contribution in [2.45, 2.75) is 50.3 Å². The zero-order valence-corrected chi connectivity index (χ0v) is 33.0. The van der Waals surface area contributed by atoms with Crippen LogP contribution >= 0.6 is 11.3 Å². The Morgan fingerprint density at radius 3 is 2.35 bits per heavy atom. The lowest BCUT2D eigenvalue weighted by Gasteiger charge is -2.33. The molecule has 0 spiro atoms. The summed E-state index contributed by atoms with van der Waals surface area (Å²) >= 11 is 1.46. The molecule has 0 atom stereocenters. The number of hydrogen-bond acceptors (Lipinski definition) is 11. The molecule has 286 valence electrons. The first-order chi connectivity index (χ1) is 25.6. The second-order valence-electron chi connectivity index (χ2n) is 13.7. The lowest BCUT2D eigenvalue weighted by molar-refractivity contribution is 0.223. The summed E-state index contributed by atoms with van der Waals surface area (Å²) in [5.41, 5.74) is 4.80. The highest BCUT2D eigenvalue weighted by Crippen LogP contribution is 2.41. The standard InChI is InChI=1S/C38H42F2N6O5S3/c1-23(2)37-44-34(26-8-6-9-27(21-26)45-54(49,50)36-29(39)10-7-11-30(36)40)35(52-37)31-12-15-41-38(42-31)43-32-20-24(3)28(22-33(32)51-4)25-13-16-46(17-14-25)18-19-53(5,47)48/h6-12,15,20-23,25,45H,13-14,16-19H2,1-5H3,(H,41,42,43). The van der Waals surface area contributed by atoms with Gasteiger partial charge in [-0.25, -0.2) is 40.6 Å². The molecule has 0 unspecified atom stereocenters. The molecule has 16 heteroatoms. The van der Waals surface area contributed by atoms with Crippen molar-refractivity contribution in [2.24, 2.45) is 0 Å². The van der Waals surface area contributed by atoms with E-state index in [0.717, 1.165) is 59.6 Å². The fourth-order valence-electron chi connectivity index (χ4n) is 6.47. The number of nitrogens with one attached hydrogen (secondary N) is 2. The van der Waals surface area contributed by atoms with Crippen LogP contribution in [-0.4, -0.2) is 75.4 Å². The van der Waals surface area contributed by atoms with Gasteiger partial charge in [0.25, 0.3) is 10.0 Å². The molecule has 1 aliphatic rings. The summed E-state index contributed by atoms with van der Waals surface area (Å²) < 4.78 is 86.2. The Balaban J connectivity index is 1.25. The lowest BCUT2D eigenvalue weighted by atomic mass is 9.86. The largest absolute Gasteiger partial charge is 0.495 e. The van der Waals surface area contributed by atoms with E-state index in [-0.39, 0.29) is 17.4 Å². The number of thiazole rings is 1. The molecule has 3 heterocycles. The van der Waals surface area contributed by atoms with Crippen LogP contribution in [0.3, 0.4) is 0 Å². The number of sulfonamides is 1. The van der Waals surface area contributed by atoms with E-state index < -0.39 is 36.4 Å². The van der Waals surface area contributed by atoms with Crippen molar-refractivity contribution >= 4 is 48.5 Å². The summed E-state index contributed by atoms with van der Waals surface area (Å²) in [5.74, 6) is -0.860. The summed E-state index contributed by atoms with van der Waals surface area (Å²) in [4.78, 5) is 16.1. The molecule has 2 aromatic heterocycles. The van der Waals surface area contributed by atoms with Gasteiger partial charge in [0.1, 0.15) is 27.2 Å². The number of sulfone groups is 1. The van der Waals surface area contributed by atoms with Gasteiger partial charge in [-0.2, -0.15) is 0 Å². The lowest BCUT2D eigenvalue weighted by Crippen LogP contribution is -2.36. The molecule has 3 aromatic carbocycles. The third kappa shape index (κ3) is 9.05. The van der Waals surface area contributed by atoms with Crippen LogP contribution in [0.4, 0.5) is 26.1 Å². The minimum Gasteiger partial charge on any atom is -0.495 e. The van der Waals surface area contributed by atoms with Gasteiger partial charge in [0.05, 0.1) is 39.8 Å². The molecule has 5 aromatic rings. The van der Waals surface area contributed by atoms with Crippen LogP contribution in [0.15, 0.2) is 71.8 Å². The number of anilines is 3. The first kappa shape index (κ1) is 39.2. The molecule has 1 fully saturated rings. The minimum atomic E-state index is -4.58. The van der Waals surface area contributed by atoms with Crippen LogP contribution < -0.4 is 14.8 Å². The number of nitrogens with zero attached hydrogens (tertiary/aromatic N) is 4. The highest BCUT2D eigenvalue weighted by Gasteiger charge is 2.26. The van der Waals surface area contributed by atoms with Crippen LogP contribution in [-0.2, 0) is 19.9 Å². The normalized spacial score (nSPS) is 14.4. The first-order valence-electron chi connectivity index (χ1n) is 17.4. The number of piperidine rings is 1. The third-order valence-corrected chi connectivity index (χ3v) is 13.0. The van der Waals surface area contributed by atoms with E-state index in [2.05, 4.69) is 32.9 Å². The minimum absolute atomic E-state index is 0.0816. The number of rotatable bonds is 13. The smallest absolute Gasteiger partial charge is 0.267 e. The number of hydrogen-bond donors (Lipinski definition) is 2. The maximum atomic E-state index is 14.4. The quantitative estimate of drug-likeness (QED) is 0.121. The predicted molar refractivity (Wildman–Crippen MR) is 209 cm³/mol. The van der Waals surface area contributed by atoms with Crippen LogP contribution in [0.2, 0.25) is 0 Å². The van der Waals surface area contributed by atoms with Crippen molar-refractivity contribution in [3.63, 3.8) is 0 Å². The highest BCUT2D eigenvalue weighted by molar-refractivity contribution is 7.92. The van der Waals surface area contributed by atoms with E-state index in [1.165, 1.54) is 29.2 Å². The van der Waals surface area contributed by atoms with Gasteiger partial charge in [-0.3, -0.25) is 4.72 Å². The summed E-state index contributed by atoms with van der Waals surface area (Å²) in [6.07, 6.45) is 4.74. The molecule has 0 aliphatic carbocycles. The average molecular weight is 797 g/mol. The third-order valence-electron chi connectivity index (χ3n) is 9.24. The molecule has 0 amide bonds. The van der Waals surface area contributed by atoms with Crippen molar-refractivity contribution in [1.82, 2.24) is 19.9 Å². The van der Waals surface area contributed by atoms with Crippen LogP contribution in [0.1, 0.15) is 54.7 Å². The Morgan fingerprint density at radius 2 is 1.69 bits per heavy atom. The average Bonchev–Trinajstić information content (AvgIpc) is 3.57. The number of benzene rings is 3. The number of methoxy groups -OCH3 is 1. The van der Waals surface area contributed by atoms with E-state index in [1.54, 1.807) is 37.6 Å². The fourth-order valence-corrected chi connectivity index (χ4v) is 9.31. The van der Waals surface area contributed by atoms with Gasteiger partial charge in [0, 0.05) is 36.2 Å². The molecule has 11 nitrogen and oxygen atoms in total. The number of halogens is 2. The van der Waals surface area contributed by atoms with Crippen LogP contribution in [0, 0.1) is 18.6 Å². The van der Waals surface area contributed by atoms with Crippen LogP contribution in [0.5, 0.6) is 5.75 Å². The summed E-state index contributed by atoms with van der Waals surface area (Å²) in [6.45, 7) is 8.31. The van der Waals surface area contributed by atoms with Gasteiger partial charge in [-0.1, -0.05) is 32.0 Å². The van der Waals surface area contributed by atoms with E-state index in [9.17, 15) is 25.6 Å². The summed E-state index contributed by atoms with van der Waals surface area (Å²) in [6, 6.07) is 15.2. The van der Waals surface area contributed by atoms with Crippen molar-refractivity contribution in [3.05, 3.63) is 94.6 Å². The summed E-state index contributed by atoms with van der Waals surface area (Å²) in [7, 11) is -5.98. The molecular weight excluding hydrogens is 755 g/mol. The zero-order chi connectivity index (χ0) is 38.8. The van der Waals surface area contributed by atoms with E-state index in [0.29, 0.717) is 46.8 Å². The molecule has 6 rings (SSSR count). The molecule has 0 radical (unpaired) electrons. The summed E-state index contributed by atoms with van der Waals surface area (Å²) in [5, 5.41) is 4.16. The number of aryl methyl sites for hydroxylation is 1. The molecule has 1 aliphatic heterocycles. The monoisotopic (exact) mass is 796 g/mol. The van der Waals surface area contributed by atoms with Gasteiger partial charge in [-0.15, -0.1) is 11.3 Å². The molecule has 0 saturated carbocycles. The van der Waals surface area contributed by atoms with E-state index in [1.807, 2.05) is 19.9 Å². The Labute approximate surface area is 318 Å². The maximum Gasteiger partial charge on any atom is 0.267 e. The van der Waals surface area contributed by atoms with Gasteiger partial charge in [0.15, 0.2) is 4.90 Å². The Kier molecular flexibility index (Phi) is 11.7. The molecule has 2 N–H and O–H groups in total. The molecule has 54 heavy (non-hydrogen) atoms. The first-order valence-corrected chi connectivity index (χ1v) is 21.7.